The van der Waals surface area contributed by atoms with E-state index < -0.39 is 0 Å². The first kappa shape index (κ1) is 10.5. The average Bonchev–Trinajstić information content (AvgIpc) is 2.76. The van der Waals surface area contributed by atoms with Crippen molar-refractivity contribution in [2.75, 3.05) is 13.2 Å². The first-order chi connectivity index (χ1) is 7.13. The minimum Gasteiger partial charge on any atom is -0.396 e. The van der Waals surface area contributed by atoms with Crippen molar-refractivity contribution in [1.29, 1.82) is 0 Å². The number of hydrogen-bond acceptors (Lipinski definition) is 5. The quantitative estimate of drug-likeness (QED) is 0.596. The van der Waals surface area contributed by atoms with Crippen LogP contribution in [0.5, 0.6) is 0 Å². The van der Waals surface area contributed by atoms with E-state index in [9.17, 15) is 15.2 Å². The van der Waals surface area contributed by atoms with E-state index in [0.717, 1.165) is 11.3 Å². The van der Waals surface area contributed by atoms with Gasteiger partial charge in [-0.15, -0.1) is 0 Å². The Morgan fingerprint density at radius 3 is 2.87 bits per heavy atom. The minimum absolute atomic E-state index is 0.0554. The highest BCUT2D eigenvalue weighted by molar-refractivity contribution is 7.15. The molecule has 1 aromatic heterocycles. The summed E-state index contributed by atoms with van der Waals surface area (Å²) in [7, 11) is 0. The molecule has 5 nitrogen and oxygen atoms in total. The van der Waals surface area contributed by atoms with Gasteiger partial charge in [-0.25, -0.2) is 0 Å². The highest BCUT2D eigenvalue weighted by Gasteiger charge is 2.54. The highest BCUT2D eigenvalue weighted by Crippen LogP contribution is 2.60. The predicted molar refractivity (Wildman–Crippen MR) is 56.9 cm³/mol. The normalized spacial score (nSPS) is 29.1. The number of nitrogens with zero attached hydrogens (tertiary/aromatic N) is 1. The summed E-state index contributed by atoms with van der Waals surface area (Å²) in [5.41, 5.74) is 5.36. The van der Waals surface area contributed by atoms with Gasteiger partial charge in [0.15, 0.2) is 0 Å². The van der Waals surface area contributed by atoms with Gasteiger partial charge in [-0.1, -0.05) is 11.3 Å². The number of aliphatic hydroxyl groups is 1. The van der Waals surface area contributed by atoms with E-state index >= 15 is 0 Å². The summed E-state index contributed by atoms with van der Waals surface area (Å²) in [6.07, 6.45) is 0.831. The van der Waals surface area contributed by atoms with Gasteiger partial charge in [0.2, 0.25) is 0 Å². The van der Waals surface area contributed by atoms with Crippen molar-refractivity contribution in [3.05, 3.63) is 27.1 Å². The molecule has 15 heavy (non-hydrogen) atoms. The molecule has 1 fully saturated rings. The highest BCUT2D eigenvalue weighted by atomic mass is 32.1. The van der Waals surface area contributed by atoms with Gasteiger partial charge < -0.3 is 10.8 Å². The van der Waals surface area contributed by atoms with Gasteiger partial charge in [0.05, 0.1) is 11.5 Å². The van der Waals surface area contributed by atoms with Gasteiger partial charge in [-0.2, -0.15) is 0 Å². The summed E-state index contributed by atoms with van der Waals surface area (Å²) in [6, 6.07) is 3.28. The van der Waals surface area contributed by atoms with Gasteiger partial charge in [0.1, 0.15) is 0 Å². The lowest BCUT2D eigenvalue weighted by Gasteiger charge is -2.08. The lowest BCUT2D eigenvalue weighted by atomic mass is 10.1. The summed E-state index contributed by atoms with van der Waals surface area (Å²) in [5.74, 6) is 0.200. The fraction of sp³-hybridized carbons (Fsp3) is 0.556. The zero-order chi connectivity index (χ0) is 11.1. The van der Waals surface area contributed by atoms with E-state index in [1.807, 2.05) is 0 Å². The van der Waals surface area contributed by atoms with Crippen molar-refractivity contribution in [1.82, 2.24) is 0 Å². The van der Waals surface area contributed by atoms with Crippen molar-refractivity contribution in [3.63, 3.8) is 0 Å². The number of thiophene rings is 1. The Morgan fingerprint density at radius 2 is 2.47 bits per heavy atom. The van der Waals surface area contributed by atoms with Crippen molar-refractivity contribution in [2.45, 2.75) is 12.3 Å². The van der Waals surface area contributed by atoms with Gasteiger partial charge in [0, 0.05) is 28.8 Å². The number of aliphatic hydroxyl groups excluding tert-OH is 1. The molecule has 0 aliphatic heterocycles. The maximum absolute atomic E-state index is 10.5. The van der Waals surface area contributed by atoms with Crippen molar-refractivity contribution >= 4 is 16.3 Å². The molecule has 3 N–H and O–H groups in total. The molecule has 1 heterocycles. The molecule has 0 aromatic carbocycles. The van der Waals surface area contributed by atoms with Crippen LogP contribution in [0.1, 0.15) is 17.2 Å². The van der Waals surface area contributed by atoms with Crippen LogP contribution in [0.15, 0.2) is 12.1 Å². The third kappa shape index (κ3) is 1.64. The Kier molecular flexibility index (Phi) is 2.49. The summed E-state index contributed by atoms with van der Waals surface area (Å²) in [6.45, 7) is 0.486. The molecule has 0 radical (unpaired) electrons. The fourth-order valence-corrected chi connectivity index (χ4v) is 2.91. The second-order valence-corrected chi connectivity index (χ2v) is 5.01. The number of nitrogens with two attached hydrogens (primary N) is 1. The second kappa shape index (κ2) is 3.55. The maximum Gasteiger partial charge on any atom is 0.324 e. The fourth-order valence-electron chi connectivity index (χ4n) is 1.84. The van der Waals surface area contributed by atoms with Crippen LogP contribution < -0.4 is 5.73 Å². The lowest BCUT2D eigenvalue weighted by molar-refractivity contribution is -0.380. The molecule has 6 heteroatoms. The SMILES string of the molecule is NCC1(CO)CC1c1ccc([N+](=O)[O-])s1. The Morgan fingerprint density at radius 1 is 1.73 bits per heavy atom. The van der Waals surface area contributed by atoms with Crippen molar-refractivity contribution in [3.8, 4) is 0 Å². The molecule has 0 spiro atoms. The van der Waals surface area contributed by atoms with E-state index in [4.69, 9.17) is 5.73 Å². The number of rotatable bonds is 4. The van der Waals surface area contributed by atoms with Crippen molar-refractivity contribution in [2.24, 2.45) is 11.1 Å². The Labute approximate surface area is 90.7 Å². The summed E-state index contributed by atoms with van der Waals surface area (Å²) < 4.78 is 0. The van der Waals surface area contributed by atoms with Crippen LogP contribution in [0, 0.1) is 15.5 Å². The topological polar surface area (TPSA) is 89.4 Å². The standard InChI is InChI=1S/C9H12N2O3S/c10-4-9(5-12)3-6(9)7-1-2-8(15-7)11(13)14/h1-2,6,12H,3-5,10H2. The lowest BCUT2D eigenvalue weighted by Crippen LogP contribution is -2.21. The molecule has 1 aliphatic carbocycles. The second-order valence-electron chi connectivity index (χ2n) is 3.91. The molecule has 0 bridgehead atoms. The molecule has 2 unspecified atom stereocenters. The summed E-state index contributed by atoms with van der Waals surface area (Å²) in [4.78, 5) is 11.1. The van der Waals surface area contributed by atoms with E-state index in [1.165, 1.54) is 17.4 Å². The first-order valence-corrected chi connectivity index (χ1v) is 5.49. The van der Waals surface area contributed by atoms with Gasteiger partial charge in [-0.3, -0.25) is 10.1 Å². The summed E-state index contributed by atoms with van der Waals surface area (Å²) in [5, 5.41) is 19.8. The smallest absolute Gasteiger partial charge is 0.324 e. The van der Waals surface area contributed by atoms with Crippen LogP contribution in [0.2, 0.25) is 0 Å². The molecular weight excluding hydrogens is 216 g/mol. The van der Waals surface area contributed by atoms with E-state index in [2.05, 4.69) is 0 Å². The number of hydrogen-bond donors (Lipinski definition) is 2. The molecule has 2 atom stereocenters. The molecule has 0 amide bonds. The van der Waals surface area contributed by atoms with Crippen LogP contribution in [0.3, 0.4) is 0 Å². The molecule has 82 valence electrons. The molecule has 2 rings (SSSR count). The van der Waals surface area contributed by atoms with E-state index in [1.54, 1.807) is 6.07 Å². The zero-order valence-electron chi connectivity index (χ0n) is 8.05. The largest absolute Gasteiger partial charge is 0.396 e. The van der Waals surface area contributed by atoms with Crippen LogP contribution >= 0.6 is 11.3 Å². The maximum atomic E-state index is 10.5. The van der Waals surface area contributed by atoms with Crippen molar-refractivity contribution < 1.29 is 10.0 Å². The number of nitro groups is 1. The molecule has 1 aromatic rings. The Bertz CT molecular complexity index is 386. The predicted octanol–water partition coefficient (Wildman–Crippen LogP) is 1.08. The third-order valence-electron chi connectivity index (χ3n) is 3.05. The molecule has 1 saturated carbocycles. The zero-order valence-corrected chi connectivity index (χ0v) is 8.87. The molecule has 1 aliphatic rings. The molecular formula is C9H12N2O3S. The van der Waals surface area contributed by atoms with Crippen LogP contribution in [0.25, 0.3) is 0 Å². The van der Waals surface area contributed by atoms with Crippen LogP contribution in [0.4, 0.5) is 5.00 Å². The van der Waals surface area contributed by atoms with Crippen LogP contribution in [-0.4, -0.2) is 23.2 Å². The minimum atomic E-state index is -0.389. The monoisotopic (exact) mass is 228 g/mol. The Balaban J connectivity index is 2.16. The van der Waals surface area contributed by atoms with Gasteiger partial charge in [0.25, 0.3) is 0 Å². The van der Waals surface area contributed by atoms with Crippen LogP contribution in [-0.2, 0) is 0 Å². The molecule has 0 saturated heterocycles. The summed E-state index contributed by atoms with van der Waals surface area (Å²) >= 11 is 1.18. The van der Waals surface area contributed by atoms with Gasteiger partial charge >= 0.3 is 5.00 Å². The van der Waals surface area contributed by atoms with Gasteiger partial charge in [-0.05, 0) is 12.5 Å². The average molecular weight is 228 g/mol. The van der Waals surface area contributed by atoms with E-state index in [0.29, 0.717) is 6.54 Å². The third-order valence-corrected chi connectivity index (χ3v) is 4.20. The first-order valence-electron chi connectivity index (χ1n) is 4.68. The Hall–Kier alpha value is -0.980. The van der Waals surface area contributed by atoms with E-state index in [-0.39, 0.29) is 27.9 Å².